The normalized spacial score (nSPS) is 30.2. The van der Waals surface area contributed by atoms with Crippen molar-refractivity contribution in [2.45, 2.75) is 57.8 Å². The molecule has 0 unspecified atom stereocenters. The average molecular weight is 279 g/mol. The molecule has 3 rings (SSSR count). The second-order valence-corrected chi connectivity index (χ2v) is 7.43. The maximum Gasteiger partial charge on any atom is 0.127 e. The average Bonchev–Trinajstić information content (AvgIpc) is 2.52. The van der Waals surface area contributed by atoms with Crippen LogP contribution in [0.5, 0.6) is 0 Å². The Kier molecular flexibility index (Phi) is 4.46. The Balaban J connectivity index is 1.53. The van der Waals surface area contributed by atoms with Crippen molar-refractivity contribution in [2.24, 2.45) is 10.8 Å². The molecule has 0 radical (unpaired) electrons. The van der Waals surface area contributed by atoms with Crippen molar-refractivity contribution in [1.82, 2.24) is 4.90 Å². The maximum atomic E-state index is 11.6. The number of ether oxygens (including phenoxy) is 1. The minimum Gasteiger partial charge on any atom is -0.381 e. The number of aldehydes is 1. The Morgan fingerprint density at radius 3 is 2.15 bits per heavy atom. The minimum atomic E-state index is -0.116. The third kappa shape index (κ3) is 3.09. The largest absolute Gasteiger partial charge is 0.381 e. The van der Waals surface area contributed by atoms with Crippen LogP contribution >= 0.6 is 0 Å². The van der Waals surface area contributed by atoms with E-state index in [9.17, 15) is 4.79 Å². The van der Waals surface area contributed by atoms with Crippen molar-refractivity contribution in [1.29, 1.82) is 0 Å². The molecule has 1 saturated carbocycles. The summed E-state index contributed by atoms with van der Waals surface area (Å²) in [5, 5.41) is 0. The van der Waals surface area contributed by atoms with Gasteiger partial charge in [0.2, 0.25) is 0 Å². The fourth-order valence-electron chi connectivity index (χ4n) is 4.52. The lowest BCUT2D eigenvalue weighted by Gasteiger charge is -2.46. The van der Waals surface area contributed by atoms with Crippen LogP contribution in [0.15, 0.2) is 0 Å². The molecule has 2 saturated heterocycles. The molecule has 0 amide bonds. The summed E-state index contributed by atoms with van der Waals surface area (Å²) in [6.07, 6.45) is 13.0. The predicted molar refractivity (Wildman–Crippen MR) is 79.7 cm³/mol. The topological polar surface area (TPSA) is 29.5 Å². The van der Waals surface area contributed by atoms with Crippen LogP contribution in [0.1, 0.15) is 57.8 Å². The molecule has 3 fully saturated rings. The Morgan fingerprint density at radius 2 is 1.55 bits per heavy atom. The van der Waals surface area contributed by atoms with E-state index in [-0.39, 0.29) is 5.41 Å². The van der Waals surface area contributed by atoms with Gasteiger partial charge in [-0.3, -0.25) is 0 Å². The molecule has 0 bridgehead atoms. The number of likely N-dealkylation sites (tertiary alicyclic amines) is 1. The van der Waals surface area contributed by atoms with Gasteiger partial charge in [-0.25, -0.2) is 0 Å². The molecule has 0 aromatic rings. The molecule has 20 heavy (non-hydrogen) atoms. The summed E-state index contributed by atoms with van der Waals surface area (Å²) in [7, 11) is 0. The summed E-state index contributed by atoms with van der Waals surface area (Å²) in [6, 6.07) is 0. The van der Waals surface area contributed by atoms with Crippen molar-refractivity contribution in [3.8, 4) is 0 Å². The Hall–Kier alpha value is -0.410. The minimum absolute atomic E-state index is 0.116. The molecule has 3 aliphatic rings. The number of piperidine rings is 1. The monoisotopic (exact) mass is 279 g/mol. The van der Waals surface area contributed by atoms with Crippen LogP contribution in [-0.4, -0.2) is 44.0 Å². The van der Waals surface area contributed by atoms with Crippen molar-refractivity contribution in [3.05, 3.63) is 0 Å². The summed E-state index contributed by atoms with van der Waals surface area (Å²) in [4.78, 5) is 14.1. The third-order valence-electron chi connectivity index (χ3n) is 6.11. The van der Waals surface area contributed by atoms with Crippen molar-refractivity contribution >= 4 is 6.29 Å². The zero-order valence-corrected chi connectivity index (χ0v) is 12.7. The fourth-order valence-corrected chi connectivity index (χ4v) is 4.52. The van der Waals surface area contributed by atoms with E-state index in [2.05, 4.69) is 4.90 Å². The first-order chi connectivity index (χ1) is 9.76. The molecule has 1 aliphatic carbocycles. The lowest BCUT2D eigenvalue weighted by atomic mass is 9.68. The van der Waals surface area contributed by atoms with Gasteiger partial charge in [-0.15, -0.1) is 0 Å². The van der Waals surface area contributed by atoms with Crippen molar-refractivity contribution < 1.29 is 9.53 Å². The van der Waals surface area contributed by atoms with Gasteiger partial charge < -0.3 is 14.4 Å². The summed E-state index contributed by atoms with van der Waals surface area (Å²) in [6.45, 7) is 4.90. The number of nitrogens with zero attached hydrogens (tertiary/aromatic N) is 1. The first kappa shape index (κ1) is 14.5. The molecule has 1 spiro atoms. The second kappa shape index (κ2) is 6.15. The molecule has 0 atom stereocenters. The smallest absolute Gasteiger partial charge is 0.127 e. The van der Waals surface area contributed by atoms with Gasteiger partial charge in [0, 0.05) is 25.2 Å². The van der Waals surface area contributed by atoms with Crippen molar-refractivity contribution in [2.75, 3.05) is 32.8 Å². The predicted octanol–water partition coefficient (Wildman–Crippen LogP) is 3.03. The highest BCUT2D eigenvalue weighted by Crippen LogP contribution is 2.45. The van der Waals surface area contributed by atoms with E-state index in [1.807, 2.05) is 0 Å². The van der Waals surface area contributed by atoms with Gasteiger partial charge in [-0.2, -0.15) is 0 Å². The summed E-state index contributed by atoms with van der Waals surface area (Å²) in [5.74, 6) is 0. The van der Waals surface area contributed by atoms with E-state index < -0.39 is 0 Å². The second-order valence-electron chi connectivity index (χ2n) is 7.43. The van der Waals surface area contributed by atoms with E-state index >= 15 is 0 Å². The van der Waals surface area contributed by atoms with Gasteiger partial charge in [0.05, 0.1) is 0 Å². The number of carbonyl (C=O) groups excluding carboxylic acids is 1. The highest BCUT2D eigenvalue weighted by molar-refractivity contribution is 5.60. The van der Waals surface area contributed by atoms with Crippen LogP contribution in [0.25, 0.3) is 0 Å². The van der Waals surface area contributed by atoms with Crippen LogP contribution in [0.4, 0.5) is 0 Å². The van der Waals surface area contributed by atoms with Gasteiger partial charge in [0.15, 0.2) is 0 Å². The van der Waals surface area contributed by atoms with Gasteiger partial charge in [-0.05, 0) is 57.0 Å². The molecule has 2 heterocycles. The molecule has 3 heteroatoms. The summed E-state index contributed by atoms with van der Waals surface area (Å²) >= 11 is 0. The molecule has 2 aliphatic heterocycles. The van der Waals surface area contributed by atoms with Gasteiger partial charge >= 0.3 is 0 Å². The number of carbonyl (C=O) groups is 1. The first-order valence-electron chi connectivity index (χ1n) is 8.53. The Labute approximate surface area is 123 Å². The van der Waals surface area contributed by atoms with Crippen LogP contribution in [0.2, 0.25) is 0 Å². The van der Waals surface area contributed by atoms with Crippen LogP contribution in [0, 0.1) is 10.8 Å². The zero-order chi connectivity index (χ0) is 13.9. The zero-order valence-electron chi connectivity index (χ0n) is 12.7. The van der Waals surface area contributed by atoms with E-state index in [4.69, 9.17) is 4.74 Å². The highest BCUT2D eigenvalue weighted by Gasteiger charge is 2.39. The first-order valence-corrected chi connectivity index (χ1v) is 8.53. The van der Waals surface area contributed by atoms with E-state index in [1.54, 1.807) is 0 Å². The molecule has 0 aromatic heterocycles. The molecule has 0 N–H and O–H groups in total. The molecular weight excluding hydrogens is 250 g/mol. The maximum absolute atomic E-state index is 11.6. The van der Waals surface area contributed by atoms with Crippen molar-refractivity contribution in [3.63, 3.8) is 0 Å². The van der Waals surface area contributed by atoms with Crippen LogP contribution in [0.3, 0.4) is 0 Å². The van der Waals surface area contributed by atoms with Crippen LogP contribution < -0.4 is 0 Å². The highest BCUT2D eigenvalue weighted by atomic mass is 16.5. The Bertz CT molecular complexity index is 320. The number of hydrogen-bond donors (Lipinski definition) is 0. The fraction of sp³-hybridized carbons (Fsp3) is 0.941. The lowest BCUT2D eigenvalue weighted by molar-refractivity contribution is -0.123. The molecular formula is C17H29NO2. The van der Waals surface area contributed by atoms with E-state index in [1.165, 1.54) is 64.3 Å². The number of rotatable bonds is 3. The number of hydrogen-bond acceptors (Lipinski definition) is 3. The summed E-state index contributed by atoms with van der Waals surface area (Å²) < 4.78 is 5.43. The standard InChI is InChI=1S/C17H29NO2/c19-15-17(8-12-20-13-9-17)14-18-10-6-16(7-11-18)4-2-1-3-5-16/h15H,1-14H2. The van der Waals surface area contributed by atoms with E-state index in [0.29, 0.717) is 5.41 Å². The third-order valence-corrected chi connectivity index (χ3v) is 6.11. The van der Waals surface area contributed by atoms with Crippen LogP contribution in [-0.2, 0) is 9.53 Å². The van der Waals surface area contributed by atoms with E-state index in [0.717, 1.165) is 32.6 Å². The SMILES string of the molecule is O=CC1(CN2CCC3(CCCCC3)CC2)CCOCC1. The van der Waals surface area contributed by atoms with Gasteiger partial charge in [-0.1, -0.05) is 19.3 Å². The quantitative estimate of drug-likeness (QED) is 0.744. The Morgan fingerprint density at radius 1 is 0.900 bits per heavy atom. The summed E-state index contributed by atoms with van der Waals surface area (Å²) in [5.41, 5.74) is 0.550. The van der Waals surface area contributed by atoms with Gasteiger partial charge in [0.1, 0.15) is 6.29 Å². The lowest BCUT2D eigenvalue weighted by Crippen LogP contribution is -2.48. The molecule has 0 aromatic carbocycles. The molecule has 114 valence electrons. The van der Waals surface area contributed by atoms with Gasteiger partial charge in [0.25, 0.3) is 0 Å². The molecule has 3 nitrogen and oxygen atoms in total.